The number of fused-ring (bicyclic) bond motifs is 1. The Hall–Kier alpha value is -2.71. The predicted molar refractivity (Wildman–Crippen MR) is 129 cm³/mol. The fourth-order valence-corrected chi connectivity index (χ4v) is 4.63. The molecule has 4 aromatic rings. The van der Waals surface area contributed by atoms with Gasteiger partial charge in [0, 0.05) is 33.2 Å². The lowest BCUT2D eigenvalue weighted by Crippen LogP contribution is -2.25. The van der Waals surface area contributed by atoms with Crippen LogP contribution in [0, 0.1) is 0 Å². The molecule has 6 nitrogen and oxygen atoms in total. The summed E-state index contributed by atoms with van der Waals surface area (Å²) in [6.07, 6.45) is 4.14. The molecule has 0 spiro atoms. The Morgan fingerprint density at radius 2 is 2.00 bits per heavy atom. The molecule has 0 aliphatic carbocycles. The van der Waals surface area contributed by atoms with Crippen molar-refractivity contribution in [2.75, 3.05) is 19.0 Å². The van der Waals surface area contributed by atoms with Crippen LogP contribution >= 0.6 is 24.0 Å². The largest absolute Gasteiger partial charge is 0.493 e. The van der Waals surface area contributed by atoms with E-state index in [1.807, 2.05) is 39.0 Å². The number of anilines is 1. The zero-order valence-corrected chi connectivity index (χ0v) is 19.6. The third-order valence-corrected chi connectivity index (χ3v) is 6.76. The van der Waals surface area contributed by atoms with Crippen molar-refractivity contribution in [3.63, 3.8) is 0 Å². The van der Waals surface area contributed by atoms with E-state index in [0.717, 1.165) is 32.0 Å². The number of benzene rings is 1. The molecule has 0 aliphatic rings. The molecule has 162 valence electrons. The molecule has 31 heavy (non-hydrogen) atoms. The number of hydrogen-bond acceptors (Lipinski definition) is 8. The molecule has 0 fully saturated rings. The average Bonchev–Trinajstić information content (AvgIpc) is 3.45. The molecule has 0 amide bonds. The first-order valence-corrected chi connectivity index (χ1v) is 11.4. The Bertz CT molecular complexity index is 1190. The zero-order chi connectivity index (χ0) is 22.0. The molecule has 0 radical (unpaired) electrons. The Morgan fingerprint density at radius 1 is 1.16 bits per heavy atom. The molecule has 0 saturated heterocycles. The standard InChI is InChI=1S/C23H25N3O3S2/c1-5-21-24-16-12-18(29-6-2)17(27-4)11-15(16)22(25-21)26-23(3,30)20-8-7-19(31-20)14-9-10-28-13-14/h7-13,30H,5-6H2,1-4H3,(H,24,25,26)/t23-/m0/s1. The molecule has 0 unspecified atom stereocenters. The summed E-state index contributed by atoms with van der Waals surface area (Å²) in [4.78, 5) is 11.0. The summed E-state index contributed by atoms with van der Waals surface area (Å²) in [6.45, 7) is 6.55. The average molecular weight is 456 g/mol. The van der Waals surface area contributed by atoms with Gasteiger partial charge in [-0.05, 0) is 38.1 Å². The van der Waals surface area contributed by atoms with Crippen molar-refractivity contribution in [3.05, 3.63) is 53.6 Å². The van der Waals surface area contributed by atoms with Gasteiger partial charge in [-0.2, -0.15) is 0 Å². The first kappa shape index (κ1) is 21.5. The van der Waals surface area contributed by atoms with Crippen LogP contribution in [0.1, 0.15) is 31.5 Å². The Labute approximate surface area is 191 Å². The molecule has 1 N–H and O–H groups in total. The first-order chi connectivity index (χ1) is 14.9. The van der Waals surface area contributed by atoms with E-state index in [0.29, 0.717) is 30.3 Å². The van der Waals surface area contributed by atoms with Gasteiger partial charge in [-0.3, -0.25) is 0 Å². The normalized spacial score (nSPS) is 13.2. The van der Waals surface area contributed by atoms with E-state index in [2.05, 4.69) is 17.4 Å². The number of thiol groups is 1. The van der Waals surface area contributed by atoms with E-state index in [9.17, 15) is 0 Å². The second kappa shape index (κ2) is 8.80. The van der Waals surface area contributed by atoms with Crippen molar-refractivity contribution in [1.82, 2.24) is 9.97 Å². The SMILES string of the molecule is CCOc1cc2nc(CC)nc(N[C@@](C)(S)c3ccc(-c4ccoc4)s3)c2cc1OC. The molecule has 4 rings (SSSR count). The summed E-state index contributed by atoms with van der Waals surface area (Å²) in [7, 11) is 1.63. The lowest BCUT2D eigenvalue weighted by molar-refractivity contribution is 0.311. The van der Waals surface area contributed by atoms with Crippen molar-refractivity contribution in [1.29, 1.82) is 0 Å². The maximum atomic E-state index is 5.73. The lowest BCUT2D eigenvalue weighted by Gasteiger charge is -2.26. The molecule has 1 atom stereocenters. The van der Waals surface area contributed by atoms with Crippen LogP contribution in [0.15, 0.2) is 47.3 Å². The Balaban J connectivity index is 1.75. The van der Waals surface area contributed by atoms with Crippen LogP contribution in [0.25, 0.3) is 21.3 Å². The van der Waals surface area contributed by atoms with Crippen LogP contribution in [-0.2, 0) is 11.3 Å². The number of rotatable bonds is 8. The van der Waals surface area contributed by atoms with Crippen molar-refractivity contribution in [2.24, 2.45) is 0 Å². The number of thiophene rings is 1. The quantitative estimate of drug-likeness (QED) is 0.246. The van der Waals surface area contributed by atoms with Gasteiger partial charge in [0.15, 0.2) is 11.5 Å². The predicted octanol–water partition coefficient (Wildman–Crippen LogP) is 6.14. The molecular weight excluding hydrogens is 430 g/mol. The summed E-state index contributed by atoms with van der Waals surface area (Å²) < 4.78 is 16.5. The second-order valence-electron chi connectivity index (χ2n) is 7.17. The minimum atomic E-state index is -0.648. The van der Waals surface area contributed by atoms with Crippen molar-refractivity contribution >= 4 is 40.7 Å². The van der Waals surface area contributed by atoms with E-state index in [-0.39, 0.29) is 0 Å². The number of ether oxygens (including phenoxy) is 2. The summed E-state index contributed by atoms with van der Waals surface area (Å²) in [5.74, 6) is 2.77. The fourth-order valence-electron chi connectivity index (χ4n) is 3.32. The molecule has 0 saturated carbocycles. The molecule has 1 aromatic carbocycles. The Kier molecular flexibility index (Phi) is 6.11. The van der Waals surface area contributed by atoms with E-state index in [1.54, 1.807) is 31.0 Å². The fraction of sp³-hybridized carbons (Fsp3) is 0.304. The highest BCUT2D eigenvalue weighted by Gasteiger charge is 2.26. The van der Waals surface area contributed by atoms with Crippen LogP contribution < -0.4 is 14.8 Å². The highest BCUT2D eigenvalue weighted by atomic mass is 32.1. The number of methoxy groups -OCH3 is 1. The highest BCUT2D eigenvalue weighted by Crippen LogP contribution is 2.40. The van der Waals surface area contributed by atoms with Crippen LogP contribution in [0.5, 0.6) is 11.5 Å². The summed E-state index contributed by atoms with van der Waals surface area (Å²) in [6, 6.07) is 9.92. The maximum absolute atomic E-state index is 5.73. The van der Waals surface area contributed by atoms with Gasteiger partial charge in [-0.15, -0.1) is 24.0 Å². The molecule has 0 bridgehead atoms. The molecule has 3 heterocycles. The lowest BCUT2D eigenvalue weighted by atomic mass is 10.1. The molecular formula is C23H25N3O3S2. The highest BCUT2D eigenvalue weighted by molar-refractivity contribution is 7.81. The summed E-state index contributed by atoms with van der Waals surface area (Å²) in [5.41, 5.74) is 1.85. The van der Waals surface area contributed by atoms with Crippen molar-refractivity contribution in [3.8, 4) is 21.9 Å². The number of nitrogens with zero attached hydrogens (tertiary/aromatic N) is 2. The van der Waals surface area contributed by atoms with Gasteiger partial charge >= 0.3 is 0 Å². The topological polar surface area (TPSA) is 69.4 Å². The number of hydrogen-bond donors (Lipinski definition) is 2. The van der Waals surface area contributed by atoms with Crippen LogP contribution in [-0.4, -0.2) is 23.7 Å². The van der Waals surface area contributed by atoms with Gasteiger partial charge in [-0.25, -0.2) is 9.97 Å². The maximum Gasteiger partial charge on any atom is 0.163 e. The van der Waals surface area contributed by atoms with E-state index in [1.165, 1.54) is 0 Å². The minimum absolute atomic E-state index is 0.546. The number of furan rings is 1. The van der Waals surface area contributed by atoms with Crippen LogP contribution in [0.3, 0.4) is 0 Å². The number of nitrogens with one attached hydrogen (secondary N) is 1. The zero-order valence-electron chi connectivity index (χ0n) is 17.9. The summed E-state index contributed by atoms with van der Waals surface area (Å²) in [5, 5.41) is 4.37. The van der Waals surface area contributed by atoms with Crippen LogP contribution in [0.4, 0.5) is 5.82 Å². The van der Waals surface area contributed by atoms with E-state index >= 15 is 0 Å². The smallest absolute Gasteiger partial charge is 0.163 e. The van der Waals surface area contributed by atoms with Gasteiger partial charge in [0.05, 0.1) is 31.8 Å². The van der Waals surface area contributed by atoms with E-state index < -0.39 is 4.87 Å². The minimum Gasteiger partial charge on any atom is -0.493 e. The first-order valence-electron chi connectivity index (χ1n) is 10.1. The number of aryl methyl sites for hydroxylation is 1. The van der Waals surface area contributed by atoms with Crippen molar-refractivity contribution < 1.29 is 13.9 Å². The molecule has 0 aliphatic heterocycles. The van der Waals surface area contributed by atoms with Gasteiger partial charge in [0.25, 0.3) is 0 Å². The molecule has 8 heteroatoms. The third-order valence-electron chi connectivity index (χ3n) is 4.90. The number of aromatic nitrogens is 2. The summed E-state index contributed by atoms with van der Waals surface area (Å²) >= 11 is 6.61. The van der Waals surface area contributed by atoms with Crippen molar-refractivity contribution in [2.45, 2.75) is 32.1 Å². The van der Waals surface area contributed by atoms with Gasteiger partial charge in [0.2, 0.25) is 0 Å². The van der Waals surface area contributed by atoms with Crippen LogP contribution in [0.2, 0.25) is 0 Å². The van der Waals surface area contributed by atoms with Gasteiger partial charge in [-0.1, -0.05) is 6.92 Å². The second-order valence-corrected chi connectivity index (χ2v) is 9.15. The van der Waals surface area contributed by atoms with Gasteiger partial charge < -0.3 is 19.2 Å². The van der Waals surface area contributed by atoms with Gasteiger partial charge in [0.1, 0.15) is 16.5 Å². The Morgan fingerprint density at radius 3 is 2.68 bits per heavy atom. The van der Waals surface area contributed by atoms with E-state index in [4.69, 9.17) is 36.5 Å². The third kappa shape index (κ3) is 4.36. The monoisotopic (exact) mass is 455 g/mol. The molecule has 3 aromatic heterocycles.